The standard InChI is InChI=1S/C27H29NO3/c1-2-3-19-28(26(29)18-11-21-7-5-4-6-8-21)20-22-9-12-23(13-10-22)24-14-16-25(17-15-24)27(30)31/h4-10,12-17H,2-3,11,18-20H2,1H3,(H,30,31). The van der Waals surface area contributed by atoms with Crippen molar-refractivity contribution in [2.75, 3.05) is 6.54 Å². The van der Waals surface area contributed by atoms with Gasteiger partial charge in [0.2, 0.25) is 5.91 Å². The van der Waals surface area contributed by atoms with Crippen molar-refractivity contribution in [3.05, 3.63) is 95.6 Å². The molecule has 0 aliphatic carbocycles. The predicted molar refractivity (Wildman–Crippen MR) is 124 cm³/mol. The fourth-order valence-corrected chi connectivity index (χ4v) is 3.52. The topological polar surface area (TPSA) is 57.6 Å². The van der Waals surface area contributed by atoms with Crippen LogP contribution in [0.1, 0.15) is 47.7 Å². The van der Waals surface area contributed by atoms with Crippen LogP contribution in [0.15, 0.2) is 78.9 Å². The van der Waals surface area contributed by atoms with Gasteiger partial charge in [-0.25, -0.2) is 4.79 Å². The molecule has 0 aliphatic rings. The largest absolute Gasteiger partial charge is 0.478 e. The van der Waals surface area contributed by atoms with E-state index in [2.05, 4.69) is 19.1 Å². The lowest BCUT2D eigenvalue weighted by Crippen LogP contribution is -2.31. The normalized spacial score (nSPS) is 10.6. The first-order valence-corrected chi connectivity index (χ1v) is 10.8. The van der Waals surface area contributed by atoms with Crippen LogP contribution in [0.2, 0.25) is 0 Å². The third kappa shape index (κ3) is 6.54. The molecule has 1 N–H and O–H groups in total. The van der Waals surface area contributed by atoms with E-state index in [9.17, 15) is 9.59 Å². The van der Waals surface area contributed by atoms with E-state index in [1.165, 1.54) is 5.56 Å². The van der Waals surface area contributed by atoms with Crippen LogP contribution in [0.25, 0.3) is 11.1 Å². The number of benzene rings is 3. The average Bonchev–Trinajstić information content (AvgIpc) is 2.81. The lowest BCUT2D eigenvalue weighted by atomic mass is 10.0. The first-order chi connectivity index (χ1) is 15.1. The maximum atomic E-state index is 12.9. The number of hydrogen-bond donors (Lipinski definition) is 1. The average molecular weight is 416 g/mol. The Morgan fingerprint density at radius 3 is 2.00 bits per heavy atom. The lowest BCUT2D eigenvalue weighted by Gasteiger charge is -2.23. The van der Waals surface area contributed by atoms with E-state index < -0.39 is 5.97 Å². The molecule has 3 aromatic rings. The smallest absolute Gasteiger partial charge is 0.335 e. The van der Waals surface area contributed by atoms with Gasteiger partial charge in [-0.2, -0.15) is 0 Å². The molecule has 31 heavy (non-hydrogen) atoms. The van der Waals surface area contributed by atoms with E-state index in [1.54, 1.807) is 12.1 Å². The van der Waals surface area contributed by atoms with Crippen LogP contribution in [0, 0.1) is 0 Å². The van der Waals surface area contributed by atoms with Crippen LogP contribution in [0.4, 0.5) is 0 Å². The van der Waals surface area contributed by atoms with E-state index in [4.69, 9.17) is 5.11 Å². The summed E-state index contributed by atoms with van der Waals surface area (Å²) in [7, 11) is 0. The molecule has 0 saturated carbocycles. The third-order valence-corrected chi connectivity index (χ3v) is 5.40. The molecule has 0 bridgehead atoms. The first-order valence-electron chi connectivity index (χ1n) is 10.8. The van der Waals surface area contributed by atoms with Gasteiger partial charge in [0, 0.05) is 19.5 Å². The summed E-state index contributed by atoms with van der Waals surface area (Å²) in [6.45, 7) is 3.51. The van der Waals surface area contributed by atoms with Crippen LogP contribution in [-0.2, 0) is 17.8 Å². The summed E-state index contributed by atoms with van der Waals surface area (Å²) in [5, 5.41) is 9.04. The van der Waals surface area contributed by atoms with Crippen molar-refractivity contribution in [1.82, 2.24) is 4.90 Å². The molecule has 4 heteroatoms. The molecule has 0 atom stereocenters. The van der Waals surface area contributed by atoms with E-state index >= 15 is 0 Å². The Hall–Kier alpha value is -3.40. The second-order valence-corrected chi connectivity index (χ2v) is 7.73. The molecular formula is C27H29NO3. The van der Waals surface area contributed by atoms with E-state index in [0.717, 1.165) is 42.5 Å². The predicted octanol–water partition coefficient (Wildman–Crippen LogP) is 5.81. The van der Waals surface area contributed by atoms with Gasteiger partial charge in [0.1, 0.15) is 0 Å². The molecule has 0 unspecified atom stereocenters. The molecule has 0 aliphatic heterocycles. The Morgan fingerprint density at radius 2 is 1.42 bits per heavy atom. The van der Waals surface area contributed by atoms with Crippen molar-refractivity contribution in [2.45, 2.75) is 39.2 Å². The Morgan fingerprint density at radius 1 is 0.806 bits per heavy atom. The number of rotatable bonds is 10. The highest BCUT2D eigenvalue weighted by molar-refractivity contribution is 5.88. The zero-order chi connectivity index (χ0) is 22.1. The SMILES string of the molecule is CCCCN(Cc1ccc(-c2ccc(C(=O)O)cc2)cc1)C(=O)CCc1ccccc1. The fourth-order valence-electron chi connectivity index (χ4n) is 3.52. The molecule has 1 amide bonds. The highest BCUT2D eigenvalue weighted by atomic mass is 16.4. The van der Waals surface area contributed by atoms with Crippen LogP contribution < -0.4 is 0 Å². The van der Waals surface area contributed by atoms with Gasteiger partial charge in [0.15, 0.2) is 0 Å². The molecule has 0 radical (unpaired) electrons. The third-order valence-electron chi connectivity index (χ3n) is 5.40. The summed E-state index contributed by atoms with van der Waals surface area (Å²) in [4.78, 5) is 25.9. The van der Waals surface area contributed by atoms with E-state index in [-0.39, 0.29) is 11.5 Å². The highest BCUT2D eigenvalue weighted by Crippen LogP contribution is 2.21. The van der Waals surface area contributed by atoms with Crippen LogP contribution in [-0.4, -0.2) is 28.4 Å². The molecule has 4 nitrogen and oxygen atoms in total. The number of hydrogen-bond acceptors (Lipinski definition) is 2. The zero-order valence-corrected chi connectivity index (χ0v) is 18.0. The molecule has 160 valence electrons. The number of nitrogens with zero attached hydrogens (tertiary/aromatic N) is 1. The van der Waals surface area contributed by atoms with Gasteiger partial charge in [-0.1, -0.05) is 80.1 Å². The summed E-state index contributed by atoms with van der Waals surface area (Å²) in [6, 6.07) is 25.1. The molecule has 3 aromatic carbocycles. The molecule has 0 heterocycles. The number of aromatic carboxylic acids is 1. The molecule has 0 spiro atoms. The number of amides is 1. The second-order valence-electron chi connectivity index (χ2n) is 7.73. The van der Waals surface area contributed by atoms with Crippen LogP contribution in [0.5, 0.6) is 0 Å². The summed E-state index contributed by atoms with van der Waals surface area (Å²) >= 11 is 0. The minimum Gasteiger partial charge on any atom is -0.478 e. The maximum absolute atomic E-state index is 12.9. The molecule has 3 rings (SSSR count). The molecule has 0 saturated heterocycles. The quantitative estimate of drug-likeness (QED) is 0.454. The number of aryl methyl sites for hydroxylation is 1. The lowest BCUT2D eigenvalue weighted by molar-refractivity contribution is -0.131. The van der Waals surface area contributed by atoms with Gasteiger partial charge in [-0.05, 0) is 47.2 Å². The van der Waals surface area contributed by atoms with E-state index in [0.29, 0.717) is 13.0 Å². The number of unbranched alkanes of at least 4 members (excludes halogenated alkanes) is 1. The van der Waals surface area contributed by atoms with Crippen LogP contribution >= 0.6 is 0 Å². The summed E-state index contributed by atoms with van der Waals surface area (Å²) < 4.78 is 0. The van der Waals surface area contributed by atoms with Crippen molar-refractivity contribution < 1.29 is 14.7 Å². The number of carboxylic acids is 1. The van der Waals surface area contributed by atoms with Gasteiger partial charge in [-0.3, -0.25) is 4.79 Å². The number of carboxylic acid groups (broad SMARTS) is 1. The van der Waals surface area contributed by atoms with Gasteiger partial charge in [-0.15, -0.1) is 0 Å². The fraction of sp³-hybridized carbons (Fsp3) is 0.259. The summed E-state index contributed by atoms with van der Waals surface area (Å²) in [5.41, 5.74) is 4.55. The van der Waals surface area contributed by atoms with Gasteiger partial charge in [0.05, 0.1) is 5.56 Å². The zero-order valence-electron chi connectivity index (χ0n) is 18.0. The van der Waals surface area contributed by atoms with Gasteiger partial charge < -0.3 is 10.0 Å². The van der Waals surface area contributed by atoms with E-state index in [1.807, 2.05) is 59.5 Å². The minimum absolute atomic E-state index is 0.186. The van der Waals surface area contributed by atoms with Crippen molar-refractivity contribution in [3.8, 4) is 11.1 Å². The van der Waals surface area contributed by atoms with Gasteiger partial charge in [0.25, 0.3) is 0 Å². The Bertz CT molecular complexity index is 979. The molecule has 0 aromatic heterocycles. The Balaban J connectivity index is 1.64. The number of carbonyl (C=O) groups excluding carboxylic acids is 1. The van der Waals surface area contributed by atoms with Crippen LogP contribution in [0.3, 0.4) is 0 Å². The molecular weight excluding hydrogens is 386 g/mol. The second kappa shape index (κ2) is 11.1. The Kier molecular flexibility index (Phi) is 7.99. The maximum Gasteiger partial charge on any atom is 0.335 e. The monoisotopic (exact) mass is 415 g/mol. The number of carbonyl (C=O) groups is 2. The van der Waals surface area contributed by atoms with Crippen molar-refractivity contribution in [2.24, 2.45) is 0 Å². The van der Waals surface area contributed by atoms with Crippen molar-refractivity contribution in [3.63, 3.8) is 0 Å². The minimum atomic E-state index is -0.925. The summed E-state index contributed by atoms with van der Waals surface area (Å²) in [5.74, 6) is -0.739. The van der Waals surface area contributed by atoms with Gasteiger partial charge >= 0.3 is 5.97 Å². The molecule has 0 fully saturated rings. The van der Waals surface area contributed by atoms with Crippen molar-refractivity contribution >= 4 is 11.9 Å². The first kappa shape index (κ1) is 22.3. The Labute approximate surface area is 184 Å². The summed E-state index contributed by atoms with van der Waals surface area (Å²) in [6.07, 6.45) is 3.31. The highest BCUT2D eigenvalue weighted by Gasteiger charge is 2.14. The van der Waals surface area contributed by atoms with Crippen molar-refractivity contribution in [1.29, 1.82) is 0 Å².